The summed E-state index contributed by atoms with van der Waals surface area (Å²) in [6.45, 7) is 7.10. The van der Waals surface area contributed by atoms with Crippen molar-refractivity contribution in [1.82, 2.24) is 10.3 Å². The van der Waals surface area contributed by atoms with Crippen LogP contribution in [0, 0.1) is 13.8 Å². The van der Waals surface area contributed by atoms with Crippen molar-refractivity contribution in [3.63, 3.8) is 0 Å². The average molecular weight is 250 g/mol. The number of nitrogens with one attached hydrogen (secondary N) is 1. The first kappa shape index (κ1) is 12.3. The minimum Gasteiger partial charge on any atom is -0.465 e. The highest BCUT2D eigenvalue weighted by Crippen LogP contribution is 2.16. The van der Waals surface area contributed by atoms with Gasteiger partial charge in [0.2, 0.25) is 0 Å². The lowest BCUT2D eigenvalue weighted by molar-refractivity contribution is 0.418. The van der Waals surface area contributed by atoms with E-state index in [4.69, 9.17) is 4.42 Å². The van der Waals surface area contributed by atoms with Gasteiger partial charge in [-0.05, 0) is 39.3 Å². The third-order valence-corrected chi connectivity index (χ3v) is 3.83. The van der Waals surface area contributed by atoms with Gasteiger partial charge in [-0.15, -0.1) is 11.3 Å². The molecular weight excluding hydrogens is 232 g/mol. The fraction of sp³-hybridized carbons (Fsp3) is 0.462. The highest BCUT2D eigenvalue weighted by atomic mass is 32.1. The lowest BCUT2D eigenvalue weighted by Crippen LogP contribution is -2.20. The van der Waals surface area contributed by atoms with E-state index in [9.17, 15) is 0 Å². The lowest BCUT2D eigenvalue weighted by Gasteiger charge is -2.10. The van der Waals surface area contributed by atoms with E-state index in [2.05, 4.69) is 24.1 Å². The van der Waals surface area contributed by atoms with Crippen molar-refractivity contribution < 1.29 is 4.42 Å². The summed E-state index contributed by atoms with van der Waals surface area (Å²) in [5, 5.41) is 3.46. The molecule has 0 amide bonds. The quantitative estimate of drug-likeness (QED) is 0.885. The molecule has 0 aliphatic carbocycles. The molecule has 0 fully saturated rings. The van der Waals surface area contributed by atoms with Crippen LogP contribution in [0.4, 0.5) is 0 Å². The topological polar surface area (TPSA) is 38.1 Å². The van der Waals surface area contributed by atoms with Crippen LogP contribution in [0.15, 0.2) is 22.1 Å². The molecule has 0 saturated heterocycles. The van der Waals surface area contributed by atoms with Crippen molar-refractivity contribution in [3.8, 4) is 0 Å². The summed E-state index contributed by atoms with van der Waals surface area (Å²) in [5.74, 6) is 1.97. The van der Waals surface area contributed by atoms with Crippen molar-refractivity contribution in [3.05, 3.63) is 39.7 Å². The SMILES string of the molecule is Cc1ccc(C(C)NCCc2scnc2C)o1. The Bertz CT molecular complexity index is 475. The molecule has 0 aliphatic heterocycles. The first-order valence-electron chi connectivity index (χ1n) is 5.85. The first-order chi connectivity index (χ1) is 8.16. The molecule has 4 heteroatoms. The molecule has 0 bridgehead atoms. The van der Waals surface area contributed by atoms with Crippen molar-refractivity contribution in [2.45, 2.75) is 33.2 Å². The van der Waals surface area contributed by atoms with Crippen LogP contribution >= 0.6 is 11.3 Å². The fourth-order valence-corrected chi connectivity index (χ4v) is 2.54. The van der Waals surface area contributed by atoms with Crippen LogP contribution in [0.3, 0.4) is 0 Å². The summed E-state index contributed by atoms with van der Waals surface area (Å²) in [6, 6.07) is 4.29. The van der Waals surface area contributed by atoms with Crippen LogP contribution in [-0.2, 0) is 6.42 Å². The monoisotopic (exact) mass is 250 g/mol. The standard InChI is InChI=1S/C13H18N2OS/c1-9-4-5-12(16-9)10(2)14-7-6-13-11(3)15-8-17-13/h4-5,8,10,14H,6-7H2,1-3H3. The largest absolute Gasteiger partial charge is 0.465 e. The highest BCUT2D eigenvalue weighted by Gasteiger charge is 2.09. The molecule has 0 spiro atoms. The number of aryl methyl sites for hydroxylation is 2. The van der Waals surface area contributed by atoms with E-state index in [0.29, 0.717) is 0 Å². The van der Waals surface area contributed by atoms with Gasteiger partial charge in [-0.25, -0.2) is 4.98 Å². The molecule has 92 valence electrons. The number of hydrogen-bond acceptors (Lipinski definition) is 4. The summed E-state index contributed by atoms with van der Waals surface area (Å²) >= 11 is 1.73. The molecule has 1 unspecified atom stereocenters. The molecule has 1 N–H and O–H groups in total. The maximum absolute atomic E-state index is 5.58. The smallest absolute Gasteiger partial charge is 0.120 e. The van der Waals surface area contributed by atoms with E-state index in [1.807, 2.05) is 24.6 Å². The second-order valence-electron chi connectivity index (χ2n) is 4.24. The van der Waals surface area contributed by atoms with Crippen LogP contribution in [-0.4, -0.2) is 11.5 Å². The summed E-state index contributed by atoms with van der Waals surface area (Å²) in [7, 11) is 0. The lowest BCUT2D eigenvalue weighted by atomic mass is 10.2. The van der Waals surface area contributed by atoms with Crippen molar-refractivity contribution >= 4 is 11.3 Å². The second-order valence-corrected chi connectivity index (χ2v) is 5.17. The number of aromatic nitrogens is 1. The van der Waals surface area contributed by atoms with Gasteiger partial charge >= 0.3 is 0 Å². The zero-order valence-electron chi connectivity index (χ0n) is 10.5. The van der Waals surface area contributed by atoms with Crippen molar-refractivity contribution in [2.75, 3.05) is 6.54 Å². The Morgan fingerprint density at radius 1 is 1.41 bits per heavy atom. The summed E-state index contributed by atoms with van der Waals surface area (Å²) in [6.07, 6.45) is 1.03. The molecule has 17 heavy (non-hydrogen) atoms. The zero-order chi connectivity index (χ0) is 12.3. The predicted octanol–water partition coefficient (Wildman–Crippen LogP) is 3.25. The van der Waals surface area contributed by atoms with E-state index in [1.54, 1.807) is 11.3 Å². The minimum atomic E-state index is 0.261. The number of thiazole rings is 1. The maximum atomic E-state index is 5.58. The molecule has 1 atom stereocenters. The van der Waals surface area contributed by atoms with Gasteiger partial charge in [-0.3, -0.25) is 0 Å². The van der Waals surface area contributed by atoms with Gasteiger partial charge < -0.3 is 9.73 Å². The maximum Gasteiger partial charge on any atom is 0.120 e. The number of nitrogens with zero attached hydrogens (tertiary/aromatic N) is 1. The van der Waals surface area contributed by atoms with Crippen LogP contribution in [0.2, 0.25) is 0 Å². The number of hydrogen-bond donors (Lipinski definition) is 1. The Hall–Kier alpha value is -1.13. The van der Waals surface area contributed by atoms with E-state index < -0.39 is 0 Å². The number of furan rings is 1. The highest BCUT2D eigenvalue weighted by molar-refractivity contribution is 7.09. The molecule has 0 aliphatic rings. The van der Waals surface area contributed by atoms with Crippen molar-refractivity contribution in [1.29, 1.82) is 0 Å². The summed E-state index contributed by atoms with van der Waals surface area (Å²) in [4.78, 5) is 5.61. The van der Waals surface area contributed by atoms with Gasteiger partial charge in [0, 0.05) is 11.4 Å². The molecule has 2 aromatic rings. The van der Waals surface area contributed by atoms with Crippen LogP contribution in [0.25, 0.3) is 0 Å². The molecule has 0 radical (unpaired) electrons. The average Bonchev–Trinajstić information content (AvgIpc) is 2.88. The van der Waals surface area contributed by atoms with Gasteiger partial charge in [0.25, 0.3) is 0 Å². The first-order valence-corrected chi connectivity index (χ1v) is 6.73. The Morgan fingerprint density at radius 3 is 2.82 bits per heavy atom. The molecule has 0 aromatic carbocycles. The normalized spacial score (nSPS) is 12.9. The van der Waals surface area contributed by atoms with Crippen LogP contribution in [0.5, 0.6) is 0 Å². The fourth-order valence-electron chi connectivity index (χ4n) is 1.76. The third kappa shape index (κ3) is 3.17. The molecule has 2 rings (SSSR count). The molecule has 3 nitrogen and oxygen atoms in total. The van der Waals surface area contributed by atoms with E-state index in [1.165, 1.54) is 4.88 Å². The van der Waals surface area contributed by atoms with Gasteiger partial charge in [-0.1, -0.05) is 0 Å². The Labute approximate surface area is 106 Å². The Morgan fingerprint density at radius 2 is 2.24 bits per heavy atom. The summed E-state index contributed by atoms with van der Waals surface area (Å²) in [5.41, 5.74) is 3.06. The number of rotatable bonds is 5. The van der Waals surface area contributed by atoms with E-state index in [0.717, 1.165) is 30.2 Å². The van der Waals surface area contributed by atoms with Gasteiger partial charge in [-0.2, -0.15) is 0 Å². The van der Waals surface area contributed by atoms with Crippen LogP contribution < -0.4 is 5.32 Å². The Balaban J connectivity index is 1.81. The van der Waals surface area contributed by atoms with Gasteiger partial charge in [0.15, 0.2) is 0 Å². The van der Waals surface area contributed by atoms with Crippen LogP contribution in [0.1, 0.15) is 35.1 Å². The molecule has 2 aromatic heterocycles. The predicted molar refractivity (Wildman–Crippen MR) is 70.4 cm³/mol. The second kappa shape index (κ2) is 5.47. The molecular formula is C13H18N2OS. The van der Waals surface area contributed by atoms with E-state index >= 15 is 0 Å². The third-order valence-electron chi connectivity index (χ3n) is 2.84. The van der Waals surface area contributed by atoms with Gasteiger partial charge in [0.1, 0.15) is 11.5 Å². The minimum absolute atomic E-state index is 0.261. The summed E-state index contributed by atoms with van der Waals surface area (Å²) < 4.78 is 5.58. The molecule has 0 saturated carbocycles. The van der Waals surface area contributed by atoms with Crippen molar-refractivity contribution in [2.24, 2.45) is 0 Å². The zero-order valence-corrected chi connectivity index (χ0v) is 11.3. The van der Waals surface area contributed by atoms with E-state index in [-0.39, 0.29) is 6.04 Å². The van der Waals surface area contributed by atoms with Gasteiger partial charge in [0.05, 0.1) is 17.2 Å². The molecule has 2 heterocycles. The Kier molecular flexibility index (Phi) is 3.97.